The maximum atomic E-state index is 13.1. The summed E-state index contributed by atoms with van der Waals surface area (Å²) >= 11 is 0. The van der Waals surface area contributed by atoms with Crippen molar-refractivity contribution in [2.45, 2.75) is 12.8 Å². The summed E-state index contributed by atoms with van der Waals surface area (Å²) in [5.74, 6) is 1.11. The largest absolute Gasteiger partial charge is 0.495 e. The smallest absolute Gasteiger partial charge is 0.227 e. The molecule has 1 aliphatic rings. The number of ether oxygens (including phenoxy) is 1. The minimum atomic E-state index is -0.277. The molecule has 0 spiro atoms. The van der Waals surface area contributed by atoms with Crippen LogP contribution in [0.25, 0.3) is 11.3 Å². The van der Waals surface area contributed by atoms with Crippen LogP contribution in [0.4, 0.5) is 15.9 Å². The third-order valence-electron chi connectivity index (χ3n) is 5.35. The minimum absolute atomic E-state index is 0.0110. The number of hydrogen-bond donors (Lipinski definition) is 1. The molecule has 6 nitrogen and oxygen atoms in total. The van der Waals surface area contributed by atoms with Gasteiger partial charge in [0.25, 0.3) is 0 Å². The van der Waals surface area contributed by atoms with Crippen LogP contribution in [0, 0.1) is 11.7 Å². The Balaban J connectivity index is 1.35. The number of rotatable bonds is 5. The van der Waals surface area contributed by atoms with Gasteiger partial charge in [-0.1, -0.05) is 12.1 Å². The number of amides is 1. The van der Waals surface area contributed by atoms with Gasteiger partial charge in [0.15, 0.2) is 5.82 Å². The molecule has 154 valence electrons. The summed E-state index contributed by atoms with van der Waals surface area (Å²) in [7, 11) is 1.59. The molecule has 0 aliphatic carbocycles. The third kappa shape index (κ3) is 4.40. The van der Waals surface area contributed by atoms with Crippen LogP contribution in [0.2, 0.25) is 0 Å². The first-order chi connectivity index (χ1) is 14.6. The molecular weight excluding hydrogens is 383 g/mol. The normalized spacial score (nSPS) is 14.4. The van der Waals surface area contributed by atoms with E-state index in [-0.39, 0.29) is 17.6 Å². The van der Waals surface area contributed by atoms with Crippen molar-refractivity contribution in [1.82, 2.24) is 10.2 Å². The molecule has 1 saturated heterocycles. The second-order valence-electron chi connectivity index (χ2n) is 7.23. The van der Waals surface area contributed by atoms with Gasteiger partial charge < -0.3 is 15.0 Å². The van der Waals surface area contributed by atoms with Gasteiger partial charge in [-0.05, 0) is 61.4 Å². The van der Waals surface area contributed by atoms with E-state index < -0.39 is 0 Å². The zero-order valence-corrected chi connectivity index (χ0v) is 16.7. The van der Waals surface area contributed by atoms with E-state index in [0.717, 1.165) is 37.3 Å². The molecule has 0 unspecified atom stereocenters. The highest BCUT2D eigenvalue weighted by atomic mass is 19.1. The maximum absolute atomic E-state index is 13.1. The summed E-state index contributed by atoms with van der Waals surface area (Å²) < 4.78 is 18.4. The van der Waals surface area contributed by atoms with Crippen molar-refractivity contribution >= 4 is 17.4 Å². The van der Waals surface area contributed by atoms with Gasteiger partial charge in [0.1, 0.15) is 11.6 Å². The van der Waals surface area contributed by atoms with E-state index in [4.69, 9.17) is 4.74 Å². The number of nitrogens with one attached hydrogen (secondary N) is 1. The highest BCUT2D eigenvalue weighted by Crippen LogP contribution is 2.27. The fraction of sp³-hybridized carbons (Fsp3) is 0.261. The average Bonchev–Trinajstić information content (AvgIpc) is 2.80. The number of para-hydroxylation sites is 2. The molecule has 1 aromatic heterocycles. The van der Waals surface area contributed by atoms with Gasteiger partial charge >= 0.3 is 0 Å². The SMILES string of the molecule is COc1ccccc1NC(=O)C1CCN(c2ccc(-c3ccc(F)cc3)nn2)CC1. The fourth-order valence-corrected chi connectivity index (χ4v) is 3.62. The third-order valence-corrected chi connectivity index (χ3v) is 5.35. The summed E-state index contributed by atoms with van der Waals surface area (Å²) in [6.07, 6.45) is 1.48. The zero-order chi connectivity index (χ0) is 20.9. The maximum Gasteiger partial charge on any atom is 0.227 e. The number of aromatic nitrogens is 2. The molecule has 2 aromatic carbocycles. The molecule has 4 rings (SSSR count). The molecular formula is C23H23FN4O2. The van der Waals surface area contributed by atoms with Crippen LogP contribution < -0.4 is 15.0 Å². The van der Waals surface area contributed by atoms with Gasteiger partial charge in [0.05, 0.1) is 18.5 Å². The van der Waals surface area contributed by atoms with Gasteiger partial charge in [-0.25, -0.2) is 4.39 Å². The number of carbonyl (C=O) groups excluding carboxylic acids is 1. The molecule has 30 heavy (non-hydrogen) atoms. The molecule has 1 N–H and O–H groups in total. The van der Waals surface area contributed by atoms with Crippen molar-refractivity contribution in [1.29, 1.82) is 0 Å². The Morgan fingerprint density at radius 3 is 2.43 bits per heavy atom. The molecule has 1 amide bonds. The number of hydrogen-bond acceptors (Lipinski definition) is 5. The van der Waals surface area contributed by atoms with E-state index in [0.29, 0.717) is 17.1 Å². The molecule has 1 fully saturated rings. The quantitative estimate of drug-likeness (QED) is 0.690. The lowest BCUT2D eigenvalue weighted by Gasteiger charge is -2.31. The number of carbonyl (C=O) groups is 1. The predicted molar refractivity (Wildman–Crippen MR) is 114 cm³/mol. The van der Waals surface area contributed by atoms with Crippen molar-refractivity contribution in [3.63, 3.8) is 0 Å². The topological polar surface area (TPSA) is 67.3 Å². The molecule has 0 bridgehead atoms. The van der Waals surface area contributed by atoms with E-state index in [1.807, 2.05) is 36.4 Å². The van der Waals surface area contributed by atoms with Crippen LogP contribution in [-0.4, -0.2) is 36.3 Å². The molecule has 0 saturated carbocycles. The lowest BCUT2D eigenvalue weighted by Crippen LogP contribution is -2.38. The van der Waals surface area contributed by atoms with E-state index in [1.54, 1.807) is 19.2 Å². The summed E-state index contributed by atoms with van der Waals surface area (Å²) in [5, 5.41) is 11.6. The first kappa shape index (κ1) is 19.8. The van der Waals surface area contributed by atoms with Crippen molar-refractivity contribution in [2.75, 3.05) is 30.4 Å². The summed E-state index contributed by atoms with van der Waals surface area (Å²) in [6.45, 7) is 1.46. The van der Waals surface area contributed by atoms with E-state index in [2.05, 4.69) is 20.4 Å². The highest BCUT2D eigenvalue weighted by Gasteiger charge is 2.26. The van der Waals surface area contributed by atoms with Crippen LogP contribution >= 0.6 is 0 Å². The van der Waals surface area contributed by atoms with E-state index in [9.17, 15) is 9.18 Å². The van der Waals surface area contributed by atoms with Gasteiger partial charge in [-0.3, -0.25) is 4.79 Å². The molecule has 1 aliphatic heterocycles. The number of anilines is 2. The molecule has 2 heterocycles. The summed E-state index contributed by atoms with van der Waals surface area (Å²) in [5.41, 5.74) is 2.21. The fourth-order valence-electron chi connectivity index (χ4n) is 3.62. The number of nitrogens with zero attached hydrogens (tertiary/aromatic N) is 3. The molecule has 7 heteroatoms. The molecule has 0 atom stereocenters. The second-order valence-corrected chi connectivity index (χ2v) is 7.23. The van der Waals surface area contributed by atoms with Crippen LogP contribution in [0.1, 0.15) is 12.8 Å². The standard InChI is InChI=1S/C23H23FN4O2/c1-30-21-5-3-2-4-20(21)25-23(29)17-12-14-28(15-13-17)22-11-10-19(26-27-22)16-6-8-18(24)9-7-16/h2-11,17H,12-15H2,1H3,(H,25,29). The van der Waals surface area contributed by atoms with Crippen molar-refractivity contribution < 1.29 is 13.9 Å². The van der Waals surface area contributed by atoms with Gasteiger partial charge in [0, 0.05) is 24.6 Å². The van der Waals surface area contributed by atoms with Crippen LogP contribution in [0.15, 0.2) is 60.7 Å². The van der Waals surface area contributed by atoms with Crippen LogP contribution in [-0.2, 0) is 4.79 Å². The predicted octanol–water partition coefficient (Wildman–Crippen LogP) is 4.15. The van der Waals surface area contributed by atoms with Crippen molar-refractivity contribution in [2.24, 2.45) is 5.92 Å². The van der Waals surface area contributed by atoms with Crippen LogP contribution in [0.5, 0.6) is 5.75 Å². The van der Waals surface area contributed by atoms with Crippen molar-refractivity contribution in [3.8, 4) is 17.0 Å². The second kappa shape index (κ2) is 8.90. The lowest BCUT2D eigenvalue weighted by atomic mass is 9.95. The van der Waals surface area contributed by atoms with E-state index >= 15 is 0 Å². The Labute approximate surface area is 174 Å². The van der Waals surface area contributed by atoms with Gasteiger partial charge in [-0.15, -0.1) is 10.2 Å². The van der Waals surface area contributed by atoms with Crippen LogP contribution in [0.3, 0.4) is 0 Å². The highest BCUT2D eigenvalue weighted by molar-refractivity contribution is 5.94. The number of halogens is 1. The first-order valence-electron chi connectivity index (χ1n) is 9.92. The monoisotopic (exact) mass is 406 g/mol. The molecule has 0 radical (unpaired) electrons. The first-order valence-corrected chi connectivity index (χ1v) is 9.92. The van der Waals surface area contributed by atoms with Gasteiger partial charge in [0.2, 0.25) is 5.91 Å². The van der Waals surface area contributed by atoms with Gasteiger partial charge in [-0.2, -0.15) is 0 Å². The van der Waals surface area contributed by atoms with E-state index in [1.165, 1.54) is 12.1 Å². The number of methoxy groups -OCH3 is 1. The minimum Gasteiger partial charge on any atom is -0.495 e. The molecule has 3 aromatic rings. The Kier molecular flexibility index (Phi) is 5.88. The summed E-state index contributed by atoms with van der Waals surface area (Å²) in [4.78, 5) is 14.8. The van der Waals surface area contributed by atoms with Crippen molar-refractivity contribution in [3.05, 3.63) is 66.5 Å². The Morgan fingerprint density at radius 1 is 1.03 bits per heavy atom. The number of piperidine rings is 1. The Hall–Kier alpha value is -3.48. The zero-order valence-electron chi connectivity index (χ0n) is 16.7. The lowest BCUT2D eigenvalue weighted by molar-refractivity contribution is -0.120. The Bertz CT molecular complexity index is 1000. The average molecular weight is 406 g/mol. The number of benzene rings is 2. The Morgan fingerprint density at radius 2 is 1.77 bits per heavy atom. The summed E-state index contributed by atoms with van der Waals surface area (Å²) in [6, 6.07) is 17.4.